The molecule has 0 fully saturated rings. The summed E-state index contributed by atoms with van der Waals surface area (Å²) in [6, 6.07) is 11.4. The molecular formula is C17H17FO2. The fourth-order valence-electron chi connectivity index (χ4n) is 1.88. The van der Waals surface area contributed by atoms with Gasteiger partial charge in [0.25, 0.3) is 0 Å². The van der Waals surface area contributed by atoms with Crippen LogP contribution in [0.5, 0.6) is 5.75 Å². The van der Waals surface area contributed by atoms with Gasteiger partial charge in [0.2, 0.25) is 0 Å². The molecule has 0 amide bonds. The molecule has 20 heavy (non-hydrogen) atoms. The Morgan fingerprint density at radius 3 is 2.45 bits per heavy atom. The maximum absolute atomic E-state index is 13.8. The molecule has 0 saturated carbocycles. The van der Waals surface area contributed by atoms with Crippen molar-refractivity contribution < 1.29 is 13.9 Å². The van der Waals surface area contributed by atoms with Crippen LogP contribution in [0.15, 0.2) is 42.5 Å². The standard InChI is InChI=1S/C17H17FO2/c1-3-10-20-14-7-5-13(6-8-14)17(19)15-9-4-12(2)11-16(15)18/h4-9,11H,3,10H2,1-2H3. The fourth-order valence-corrected chi connectivity index (χ4v) is 1.88. The zero-order valence-corrected chi connectivity index (χ0v) is 11.7. The number of carbonyl (C=O) groups is 1. The highest BCUT2D eigenvalue weighted by atomic mass is 19.1. The second-order valence-electron chi connectivity index (χ2n) is 4.69. The zero-order chi connectivity index (χ0) is 14.5. The maximum Gasteiger partial charge on any atom is 0.195 e. The van der Waals surface area contributed by atoms with E-state index >= 15 is 0 Å². The Kier molecular flexibility index (Phi) is 4.51. The summed E-state index contributed by atoms with van der Waals surface area (Å²) in [7, 11) is 0. The summed E-state index contributed by atoms with van der Waals surface area (Å²) in [5.74, 6) is -0.0846. The van der Waals surface area contributed by atoms with Gasteiger partial charge in [-0.3, -0.25) is 4.79 Å². The Morgan fingerprint density at radius 1 is 1.15 bits per heavy atom. The first-order valence-corrected chi connectivity index (χ1v) is 6.65. The van der Waals surface area contributed by atoms with Gasteiger partial charge in [-0.15, -0.1) is 0 Å². The lowest BCUT2D eigenvalue weighted by Crippen LogP contribution is -2.04. The lowest BCUT2D eigenvalue weighted by Gasteiger charge is -2.06. The number of aryl methyl sites for hydroxylation is 1. The lowest BCUT2D eigenvalue weighted by atomic mass is 10.0. The first-order chi connectivity index (χ1) is 9.61. The van der Waals surface area contributed by atoms with Crippen molar-refractivity contribution in [2.24, 2.45) is 0 Å². The van der Waals surface area contributed by atoms with Crippen molar-refractivity contribution in [2.75, 3.05) is 6.61 Å². The number of ketones is 1. The van der Waals surface area contributed by atoms with Gasteiger partial charge in [-0.1, -0.05) is 13.0 Å². The van der Waals surface area contributed by atoms with E-state index in [-0.39, 0.29) is 11.3 Å². The average Bonchev–Trinajstić information content (AvgIpc) is 2.45. The van der Waals surface area contributed by atoms with Crippen molar-refractivity contribution in [3.63, 3.8) is 0 Å². The van der Waals surface area contributed by atoms with E-state index < -0.39 is 5.82 Å². The second kappa shape index (κ2) is 6.33. The molecule has 0 aliphatic carbocycles. The topological polar surface area (TPSA) is 26.3 Å². The number of ether oxygens (including phenoxy) is 1. The van der Waals surface area contributed by atoms with Crippen LogP contribution in [0.3, 0.4) is 0 Å². The van der Waals surface area contributed by atoms with Crippen molar-refractivity contribution in [3.05, 3.63) is 65.0 Å². The molecule has 0 radical (unpaired) electrons. The van der Waals surface area contributed by atoms with E-state index in [1.54, 1.807) is 37.3 Å². The van der Waals surface area contributed by atoms with Crippen molar-refractivity contribution in [1.29, 1.82) is 0 Å². The van der Waals surface area contributed by atoms with Gasteiger partial charge in [0.15, 0.2) is 5.78 Å². The van der Waals surface area contributed by atoms with Crippen LogP contribution < -0.4 is 4.74 Å². The van der Waals surface area contributed by atoms with Crippen molar-refractivity contribution >= 4 is 5.78 Å². The molecule has 0 aromatic heterocycles. The van der Waals surface area contributed by atoms with Crippen molar-refractivity contribution in [1.82, 2.24) is 0 Å². The summed E-state index contributed by atoms with van der Waals surface area (Å²) in [5.41, 5.74) is 1.34. The van der Waals surface area contributed by atoms with Gasteiger partial charge in [-0.25, -0.2) is 4.39 Å². The summed E-state index contributed by atoms with van der Waals surface area (Å²) in [6.45, 7) is 4.45. The molecule has 0 bridgehead atoms. The third-order valence-electron chi connectivity index (χ3n) is 2.96. The molecule has 2 nitrogen and oxygen atoms in total. The molecule has 0 aliphatic rings. The van der Waals surface area contributed by atoms with Crippen LogP contribution in [-0.2, 0) is 0 Å². The number of carbonyl (C=O) groups excluding carboxylic acids is 1. The maximum atomic E-state index is 13.8. The monoisotopic (exact) mass is 272 g/mol. The van der Waals surface area contributed by atoms with Crippen LogP contribution in [0.1, 0.15) is 34.8 Å². The van der Waals surface area contributed by atoms with Crippen molar-refractivity contribution in [2.45, 2.75) is 20.3 Å². The molecule has 104 valence electrons. The largest absolute Gasteiger partial charge is 0.494 e. The van der Waals surface area contributed by atoms with Gasteiger partial charge >= 0.3 is 0 Å². The molecule has 0 N–H and O–H groups in total. The summed E-state index contributed by atoms with van der Waals surface area (Å²) in [4.78, 5) is 12.2. The van der Waals surface area contributed by atoms with E-state index in [9.17, 15) is 9.18 Å². The minimum atomic E-state index is -0.485. The van der Waals surface area contributed by atoms with Crippen LogP contribution in [-0.4, -0.2) is 12.4 Å². The fraction of sp³-hybridized carbons (Fsp3) is 0.235. The highest BCUT2D eigenvalue weighted by Gasteiger charge is 2.13. The highest BCUT2D eigenvalue weighted by molar-refractivity contribution is 6.09. The average molecular weight is 272 g/mol. The Balaban J connectivity index is 2.20. The van der Waals surface area contributed by atoms with Gasteiger partial charge in [0, 0.05) is 5.56 Å². The van der Waals surface area contributed by atoms with E-state index in [4.69, 9.17) is 4.74 Å². The minimum Gasteiger partial charge on any atom is -0.494 e. The van der Waals surface area contributed by atoms with E-state index in [0.29, 0.717) is 17.9 Å². The number of halogens is 1. The van der Waals surface area contributed by atoms with Gasteiger partial charge in [0.05, 0.1) is 12.2 Å². The molecule has 0 aliphatic heterocycles. The van der Waals surface area contributed by atoms with Gasteiger partial charge in [-0.2, -0.15) is 0 Å². The van der Waals surface area contributed by atoms with Crippen LogP contribution in [0.25, 0.3) is 0 Å². The van der Waals surface area contributed by atoms with Crippen molar-refractivity contribution in [3.8, 4) is 5.75 Å². The van der Waals surface area contributed by atoms with Gasteiger partial charge < -0.3 is 4.74 Å². The first kappa shape index (κ1) is 14.3. The predicted molar refractivity (Wildman–Crippen MR) is 76.8 cm³/mol. The number of hydrogen-bond donors (Lipinski definition) is 0. The molecule has 2 aromatic rings. The summed E-state index contributed by atoms with van der Waals surface area (Å²) < 4.78 is 19.2. The molecule has 2 rings (SSSR count). The van der Waals surface area contributed by atoms with E-state index in [2.05, 4.69) is 0 Å². The number of hydrogen-bond acceptors (Lipinski definition) is 2. The molecule has 0 saturated heterocycles. The Bertz CT molecular complexity index is 603. The van der Waals surface area contributed by atoms with E-state index in [1.165, 1.54) is 12.1 Å². The molecule has 0 unspecified atom stereocenters. The summed E-state index contributed by atoms with van der Waals surface area (Å²) in [5, 5.41) is 0. The van der Waals surface area contributed by atoms with E-state index in [0.717, 1.165) is 12.0 Å². The summed E-state index contributed by atoms with van der Waals surface area (Å²) in [6.07, 6.45) is 0.926. The summed E-state index contributed by atoms with van der Waals surface area (Å²) >= 11 is 0. The van der Waals surface area contributed by atoms with Gasteiger partial charge in [-0.05, 0) is 55.3 Å². The molecular weight excluding hydrogens is 255 g/mol. The lowest BCUT2D eigenvalue weighted by molar-refractivity contribution is 0.103. The zero-order valence-electron chi connectivity index (χ0n) is 11.7. The number of rotatable bonds is 5. The van der Waals surface area contributed by atoms with Crippen LogP contribution in [0.2, 0.25) is 0 Å². The predicted octanol–water partition coefficient (Wildman–Crippen LogP) is 4.15. The van der Waals surface area contributed by atoms with Gasteiger partial charge in [0.1, 0.15) is 11.6 Å². The molecule has 0 heterocycles. The van der Waals surface area contributed by atoms with Crippen LogP contribution in [0, 0.1) is 12.7 Å². The second-order valence-corrected chi connectivity index (χ2v) is 4.69. The molecule has 0 atom stereocenters. The normalized spacial score (nSPS) is 10.3. The van der Waals surface area contributed by atoms with Crippen LogP contribution >= 0.6 is 0 Å². The highest BCUT2D eigenvalue weighted by Crippen LogP contribution is 2.18. The Labute approximate surface area is 118 Å². The molecule has 0 spiro atoms. The SMILES string of the molecule is CCCOc1ccc(C(=O)c2ccc(C)cc2F)cc1. The minimum absolute atomic E-state index is 0.0952. The molecule has 3 heteroatoms. The quantitative estimate of drug-likeness (QED) is 0.764. The Hall–Kier alpha value is -2.16. The smallest absolute Gasteiger partial charge is 0.195 e. The Morgan fingerprint density at radius 2 is 1.85 bits per heavy atom. The third kappa shape index (κ3) is 3.23. The molecule has 2 aromatic carbocycles. The van der Waals surface area contributed by atoms with Crippen LogP contribution in [0.4, 0.5) is 4.39 Å². The first-order valence-electron chi connectivity index (χ1n) is 6.65. The third-order valence-corrected chi connectivity index (χ3v) is 2.96. The van der Waals surface area contributed by atoms with E-state index in [1.807, 2.05) is 6.92 Å². The number of benzene rings is 2.